The van der Waals surface area contributed by atoms with E-state index in [-0.39, 0.29) is 6.10 Å². The lowest BCUT2D eigenvalue weighted by atomic mass is 10.00. The molecule has 1 aromatic rings. The fourth-order valence-electron chi connectivity index (χ4n) is 2.07. The summed E-state index contributed by atoms with van der Waals surface area (Å²) in [4.78, 5) is 0. The van der Waals surface area contributed by atoms with Crippen molar-refractivity contribution in [3.05, 3.63) is 35.4 Å². The van der Waals surface area contributed by atoms with Crippen LogP contribution in [0.5, 0.6) is 0 Å². The van der Waals surface area contributed by atoms with Gasteiger partial charge in [-0.05, 0) is 43.2 Å². The Labute approximate surface area is 92.1 Å². The zero-order chi connectivity index (χ0) is 10.7. The van der Waals surface area contributed by atoms with Crippen molar-refractivity contribution in [1.29, 1.82) is 0 Å². The summed E-state index contributed by atoms with van der Waals surface area (Å²) in [6.45, 7) is 2.14. The molecule has 1 aliphatic carbocycles. The van der Waals surface area contributed by atoms with Gasteiger partial charge in [0.2, 0.25) is 0 Å². The molecule has 2 rings (SSSR count). The van der Waals surface area contributed by atoms with Gasteiger partial charge in [-0.1, -0.05) is 37.1 Å². The number of benzene rings is 1. The van der Waals surface area contributed by atoms with Gasteiger partial charge in [0.1, 0.15) is 0 Å². The summed E-state index contributed by atoms with van der Waals surface area (Å²) in [7, 11) is 0. The molecule has 1 atom stereocenters. The van der Waals surface area contributed by atoms with Crippen molar-refractivity contribution in [3.63, 3.8) is 0 Å². The maximum Gasteiger partial charge on any atom is 0.0546 e. The molecule has 0 amide bonds. The van der Waals surface area contributed by atoms with E-state index in [1.54, 1.807) is 0 Å². The SMILES string of the molecule is Cc1ccccc1CCC(O)CC1CC1. The van der Waals surface area contributed by atoms with Gasteiger partial charge in [0, 0.05) is 0 Å². The predicted octanol–water partition coefficient (Wildman–Crippen LogP) is 3.09. The van der Waals surface area contributed by atoms with E-state index in [0.29, 0.717) is 0 Å². The molecule has 1 N–H and O–H groups in total. The van der Waals surface area contributed by atoms with Crippen LogP contribution in [-0.2, 0) is 6.42 Å². The van der Waals surface area contributed by atoms with E-state index in [4.69, 9.17) is 0 Å². The summed E-state index contributed by atoms with van der Waals surface area (Å²) in [6.07, 6.45) is 5.54. The number of aliphatic hydroxyl groups is 1. The van der Waals surface area contributed by atoms with Gasteiger partial charge in [-0.3, -0.25) is 0 Å². The van der Waals surface area contributed by atoms with Crippen molar-refractivity contribution in [2.45, 2.75) is 45.1 Å². The lowest BCUT2D eigenvalue weighted by Crippen LogP contribution is -2.09. The van der Waals surface area contributed by atoms with Crippen LogP contribution in [0.4, 0.5) is 0 Å². The van der Waals surface area contributed by atoms with E-state index >= 15 is 0 Å². The molecule has 0 saturated heterocycles. The molecule has 0 spiro atoms. The van der Waals surface area contributed by atoms with E-state index in [0.717, 1.165) is 25.2 Å². The molecule has 0 radical (unpaired) electrons. The fourth-order valence-corrected chi connectivity index (χ4v) is 2.07. The molecule has 1 aromatic carbocycles. The average Bonchev–Trinajstić information content (AvgIpc) is 3.00. The standard InChI is InChI=1S/C14H20O/c1-11-4-2-3-5-13(11)8-9-14(15)10-12-6-7-12/h2-5,12,14-15H,6-10H2,1H3. The molecule has 0 aromatic heterocycles. The van der Waals surface area contributed by atoms with Gasteiger partial charge in [0.25, 0.3) is 0 Å². The van der Waals surface area contributed by atoms with E-state index < -0.39 is 0 Å². The minimum atomic E-state index is -0.0860. The summed E-state index contributed by atoms with van der Waals surface area (Å²) < 4.78 is 0. The van der Waals surface area contributed by atoms with Crippen LogP contribution >= 0.6 is 0 Å². The maximum atomic E-state index is 9.81. The number of hydrogen-bond donors (Lipinski definition) is 1. The van der Waals surface area contributed by atoms with E-state index in [1.807, 2.05) is 0 Å². The Morgan fingerprint density at radius 3 is 2.73 bits per heavy atom. The number of aryl methyl sites for hydroxylation is 2. The highest BCUT2D eigenvalue weighted by Crippen LogP contribution is 2.34. The highest BCUT2D eigenvalue weighted by atomic mass is 16.3. The van der Waals surface area contributed by atoms with Crippen LogP contribution < -0.4 is 0 Å². The predicted molar refractivity (Wildman–Crippen MR) is 62.8 cm³/mol. The Bertz CT molecular complexity index is 315. The zero-order valence-corrected chi connectivity index (χ0v) is 9.45. The summed E-state index contributed by atoms with van der Waals surface area (Å²) in [6, 6.07) is 8.46. The second kappa shape index (κ2) is 4.80. The van der Waals surface area contributed by atoms with Gasteiger partial charge in [-0.25, -0.2) is 0 Å². The normalized spacial score (nSPS) is 17.7. The summed E-state index contributed by atoms with van der Waals surface area (Å²) in [5.41, 5.74) is 2.73. The van der Waals surface area contributed by atoms with E-state index in [2.05, 4.69) is 31.2 Å². The third kappa shape index (κ3) is 3.35. The average molecular weight is 204 g/mol. The van der Waals surface area contributed by atoms with E-state index in [1.165, 1.54) is 24.0 Å². The van der Waals surface area contributed by atoms with Crippen molar-refractivity contribution >= 4 is 0 Å². The molecule has 1 unspecified atom stereocenters. The van der Waals surface area contributed by atoms with Crippen molar-refractivity contribution < 1.29 is 5.11 Å². The van der Waals surface area contributed by atoms with Crippen LogP contribution in [0.15, 0.2) is 24.3 Å². The molecule has 15 heavy (non-hydrogen) atoms. The van der Waals surface area contributed by atoms with Crippen LogP contribution in [0.2, 0.25) is 0 Å². The van der Waals surface area contributed by atoms with Gasteiger partial charge in [0.15, 0.2) is 0 Å². The number of hydrogen-bond acceptors (Lipinski definition) is 1. The minimum absolute atomic E-state index is 0.0860. The Balaban J connectivity index is 1.78. The molecule has 0 aliphatic heterocycles. The zero-order valence-electron chi connectivity index (χ0n) is 9.45. The summed E-state index contributed by atoms with van der Waals surface area (Å²) in [5, 5.41) is 9.81. The molecule has 1 saturated carbocycles. The van der Waals surface area contributed by atoms with Crippen molar-refractivity contribution in [2.75, 3.05) is 0 Å². The molecule has 1 nitrogen and oxygen atoms in total. The summed E-state index contributed by atoms with van der Waals surface area (Å²) >= 11 is 0. The van der Waals surface area contributed by atoms with Crippen LogP contribution in [-0.4, -0.2) is 11.2 Å². The maximum absolute atomic E-state index is 9.81. The lowest BCUT2D eigenvalue weighted by molar-refractivity contribution is 0.148. The highest BCUT2D eigenvalue weighted by Gasteiger charge is 2.24. The second-order valence-electron chi connectivity index (χ2n) is 4.80. The van der Waals surface area contributed by atoms with Crippen LogP contribution in [0.1, 0.15) is 36.8 Å². The van der Waals surface area contributed by atoms with Crippen LogP contribution in [0.25, 0.3) is 0 Å². The molecule has 82 valence electrons. The topological polar surface area (TPSA) is 20.2 Å². The van der Waals surface area contributed by atoms with Crippen LogP contribution in [0.3, 0.4) is 0 Å². The highest BCUT2D eigenvalue weighted by molar-refractivity contribution is 5.25. The van der Waals surface area contributed by atoms with Crippen molar-refractivity contribution in [1.82, 2.24) is 0 Å². The molecular weight excluding hydrogens is 184 g/mol. The number of aliphatic hydroxyl groups excluding tert-OH is 1. The van der Waals surface area contributed by atoms with Crippen LogP contribution in [0, 0.1) is 12.8 Å². The fraction of sp³-hybridized carbons (Fsp3) is 0.571. The largest absolute Gasteiger partial charge is 0.393 e. The van der Waals surface area contributed by atoms with Gasteiger partial charge in [0.05, 0.1) is 6.10 Å². The molecule has 1 fully saturated rings. The minimum Gasteiger partial charge on any atom is -0.393 e. The number of rotatable bonds is 5. The van der Waals surface area contributed by atoms with Crippen molar-refractivity contribution in [2.24, 2.45) is 5.92 Å². The lowest BCUT2D eigenvalue weighted by Gasteiger charge is -2.10. The van der Waals surface area contributed by atoms with Gasteiger partial charge >= 0.3 is 0 Å². The Morgan fingerprint density at radius 1 is 1.33 bits per heavy atom. The van der Waals surface area contributed by atoms with E-state index in [9.17, 15) is 5.11 Å². The van der Waals surface area contributed by atoms with Gasteiger partial charge in [-0.15, -0.1) is 0 Å². The van der Waals surface area contributed by atoms with Gasteiger partial charge < -0.3 is 5.11 Å². The Kier molecular flexibility index (Phi) is 3.42. The smallest absolute Gasteiger partial charge is 0.0546 e. The first-order chi connectivity index (χ1) is 7.25. The first kappa shape index (κ1) is 10.7. The Morgan fingerprint density at radius 2 is 2.07 bits per heavy atom. The Hall–Kier alpha value is -0.820. The third-order valence-corrected chi connectivity index (χ3v) is 3.31. The molecule has 1 aliphatic rings. The molecule has 0 bridgehead atoms. The van der Waals surface area contributed by atoms with Gasteiger partial charge in [-0.2, -0.15) is 0 Å². The van der Waals surface area contributed by atoms with Crippen molar-refractivity contribution in [3.8, 4) is 0 Å². The second-order valence-corrected chi connectivity index (χ2v) is 4.80. The quantitative estimate of drug-likeness (QED) is 0.781. The molecule has 1 heteroatoms. The molecular formula is C14H20O. The first-order valence-corrected chi connectivity index (χ1v) is 5.98. The third-order valence-electron chi connectivity index (χ3n) is 3.31. The monoisotopic (exact) mass is 204 g/mol. The first-order valence-electron chi connectivity index (χ1n) is 5.98. The summed E-state index contributed by atoms with van der Waals surface area (Å²) in [5.74, 6) is 0.830. The molecule has 0 heterocycles.